The number of benzene rings is 3. The van der Waals surface area contributed by atoms with E-state index in [9.17, 15) is 18.0 Å². The summed E-state index contributed by atoms with van der Waals surface area (Å²) in [6.07, 6.45) is 0. The SMILES string of the molecule is Cc1ccc(S(=O)(=O)N(CC(=O)N(Cc2cccc(Cl)c2)[C@H](C)C(=O)NC(C)(C)C)c2cc(Cl)ccc2C)cc1. The Balaban J connectivity index is 2.08. The van der Waals surface area contributed by atoms with Crippen molar-refractivity contribution in [3.63, 3.8) is 0 Å². The van der Waals surface area contributed by atoms with Gasteiger partial charge in [0.05, 0.1) is 10.6 Å². The van der Waals surface area contributed by atoms with E-state index in [1.54, 1.807) is 62.4 Å². The van der Waals surface area contributed by atoms with Crippen LogP contribution in [0, 0.1) is 13.8 Å². The lowest BCUT2D eigenvalue weighted by Gasteiger charge is -2.34. The lowest BCUT2D eigenvalue weighted by Crippen LogP contribution is -2.54. The van der Waals surface area contributed by atoms with Crippen molar-refractivity contribution in [1.29, 1.82) is 0 Å². The summed E-state index contributed by atoms with van der Waals surface area (Å²) in [5, 5.41) is 3.71. The topological polar surface area (TPSA) is 86.8 Å². The molecule has 0 unspecified atom stereocenters. The van der Waals surface area contributed by atoms with Gasteiger partial charge in [0.1, 0.15) is 12.6 Å². The average Bonchev–Trinajstić information content (AvgIpc) is 2.86. The predicted octanol–water partition coefficient (Wildman–Crippen LogP) is 6.14. The first-order chi connectivity index (χ1) is 18.6. The first-order valence-electron chi connectivity index (χ1n) is 12.8. The zero-order chi connectivity index (χ0) is 29.8. The Morgan fingerprint density at radius 2 is 1.55 bits per heavy atom. The Hall–Kier alpha value is -3.07. The van der Waals surface area contributed by atoms with Crippen LogP contribution in [-0.4, -0.2) is 43.3 Å². The molecule has 3 aromatic rings. The minimum atomic E-state index is -4.19. The van der Waals surface area contributed by atoms with Crippen molar-refractivity contribution in [3.8, 4) is 0 Å². The summed E-state index contributed by atoms with van der Waals surface area (Å²) in [4.78, 5) is 28.6. The summed E-state index contributed by atoms with van der Waals surface area (Å²) in [6, 6.07) is 17.3. The van der Waals surface area contributed by atoms with Crippen LogP contribution < -0.4 is 9.62 Å². The summed E-state index contributed by atoms with van der Waals surface area (Å²) in [5.74, 6) is -0.929. The first kappa shape index (κ1) is 31.5. The molecule has 0 aliphatic heterocycles. The molecule has 0 spiro atoms. The third kappa shape index (κ3) is 7.99. The van der Waals surface area contributed by atoms with Crippen LogP contribution in [0.1, 0.15) is 44.4 Å². The smallest absolute Gasteiger partial charge is 0.264 e. The Bertz CT molecular complexity index is 1490. The van der Waals surface area contributed by atoms with Gasteiger partial charge in [-0.1, -0.05) is 59.1 Å². The quantitative estimate of drug-likeness (QED) is 0.318. The third-order valence-corrected chi connectivity index (χ3v) is 8.48. The number of carbonyl (C=O) groups excluding carboxylic acids is 2. The zero-order valence-corrected chi connectivity index (χ0v) is 25.9. The number of rotatable bonds is 9. The van der Waals surface area contributed by atoms with Crippen molar-refractivity contribution in [2.24, 2.45) is 0 Å². The van der Waals surface area contributed by atoms with E-state index in [0.29, 0.717) is 21.2 Å². The van der Waals surface area contributed by atoms with Gasteiger partial charge in [0.2, 0.25) is 11.8 Å². The predicted molar refractivity (Wildman–Crippen MR) is 161 cm³/mol. The van der Waals surface area contributed by atoms with Crippen LogP contribution in [-0.2, 0) is 26.2 Å². The fourth-order valence-corrected chi connectivity index (χ4v) is 5.94. The van der Waals surface area contributed by atoms with E-state index in [0.717, 1.165) is 9.87 Å². The Labute approximate surface area is 247 Å². The molecule has 214 valence electrons. The number of sulfonamides is 1. The van der Waals surface area contributed by atoms with Crippen LogP contribution in [0.3, 0.4) is 0 Å². The maximum Gasteiger partial charge on any atom is 0.264 e. The fourth-order valence-electron chi connectivity index (χ4n) is 4.09. The number of nitrogens with zero attached hydrogens (tertiary/aromatic N) is 2. The van der Waals surface area contributed by atoms with Gasteiger partial charge in [-0.3, -0.25) is 13.9 Å². The molecular weight excluding hydrogens is 569 g/mol. The van der Waals surface area contributed by atoms with Gasteiger partial charge in [-0.25, -0.2) is 8.42 Å². The second-order valence-corrected chi connectivity index (χ2v) is 13.6. The van der Waals surface area contributed by atoms with Crippen molar-refractivity contribution >= 4 is 50.7 Å². The molecule has 0 aliphatic rings. The third-order valence-electron chi connectivity index (χ3n) is 6.24. The molecule has 0 saturated heterocycles. The van der Waals surface area contributed by atoms with Gasteiger partial charge in [0.25, 0.3) is 10.0 Å². The number of halogens is 2. The highest BCUT2D eigenvalue weighted by atomic mass is 35.5. The summed E-state index contributed by atoms with van der Waals surface area (Å²) in [6.45, 7) is 10.3. The van der Waals surface area contributed by atoms with Gasteiger partial charge < -0.3 is 10.2 Å². The maximum absolute atomic E-state index is 14.0. The highest BCUT2D eigenvalue weighted by Gasteiger charge is 2.34. The lowest BCUT2D eigenvalue weighted by atomic mass is 10.1. The van der Waals surface area contributed by atoms with Gasteiger partial charge in [-0.05, 0) is 89.1 Å². The molecule has 1 atom stereocenters. The van der Waals surface area contributed by atoms with E-state index in [-0.39, 0.29) is 23.0 Å². The van der Waals surface area contributed by atoms with Crippen molar-refractivity contribution in [2.45, 2.75) is 64.6 Å². The summed E-state index contributed by atoms with van der Waals surface area (Å²) in [5.41, 5.74) is 1.95. The van der Waals surface area contributed by atoms with Crippen LogP contribution >= 0.6 is 23.2 Å². The van der Waals surface area contributed by atoms with Crippen LogP contribution in [0.2, 0.25) is 10.0 Å². The maximum atomic E-state index is 14.0. The van der Waals surface area contributed by atoms with Gasteiger partial charge in [-0.15, -0.1) is 0 Å². The minimum absolute atomic E-state index is 0.0326. The van der Waals surface area contributed by atoms with Crippen molar-refractivity contribution < 1.29 is 18.0 Å². The number of aryl methyl sites for hydroxylation is 2. The normalized spacial score (nSPS) is 12.5. The van der Waals surface area contributed by atoms with Crippen LogP contribution in [0.4, 0.5) is 5.69 Å². The standard InChI is InChI=1S/C30H35Cl2N3O4S/c1-20-10-14-26(15-11-20)40(38,39)35(27-17-25(32)13-12-21(27)2)19-28(36)34(18-23-8-7-9-24(31)16-23)22(3)29(37)33-30(4,5)6/h7-17,22H,18-19H2,1-6H3,(H,33,37)/t22-/m1/s1. The molecule has 40 heavy (non-hydrogen) atoms. The number of carbonyl (C=O) groups is 2. The molecule has 7 nitrogen and oxygen atoms in total. The second kappa shape index (κ2) is 12.6. The van der Waals surface area contributed by atoms with Crippen molar-refractivity contribution in [1.82, 2.24) is 10.2 Å². The molecule has 0 aromatic heterocycles. The molecule has 2 amide bonds. The van der Waals surface area contributed by atoms with Crippen LogP contribution in [0.15, 0.2) is 71.6 Å². The van der Waals surface area contributed by atoms with Gasteiger partial charge >= 0.3 is 0 Å². The van der Waals surface area contributed by atoms with Crippen molar-refractivity contribution in [3.05, 3.63) is 93.5 Å². The Morgan fingerprint density at radius 3 is 2.15 bits per heavy atom. The molecule has 0 saturated carbocycles. The highest BCUT2D eigenvalue weighted by Crippen LogP contribution is 2.30. The molecule has 10 heteroatoms. The van der Waals surface area contributed by atoms with Gasteiger partial charge in [0.15, 0.2) is 0 Å². The number of hydrogen-bond acceptors (Lipinski definition) is 4. The molecule has 0 fully saturated rings. The number of amides is 2. The van der Waals surface area contributed by atoms with E-state index in [4.69, 9.17) is 23.2 Å². The molecule has 0 radical (unpaired) electrons. The molecule has 0 heterocycles. The fraction of sp³-hybridized carbons (Fsp3) is 0.333. The highest BCUT2D eigenvalue weighted by molar-refractivity contribution is 7.92. The molecule has 3 rings (SSSR count). The largest absolute Gasteiger partial charge is 0.350 e. The van der Waals surface area contributed by atoms with E-state index in [1.807, 2.05) is 27.7 Å². The number of hydrogen-bond donors (Lipinski definition) is 1. The lowest BCUT2D eigenvalue weighted by molar-refractivity contribution is -0.140. The molecule has 0 aliphatic carbocycles. The number of nitrogens with one attached hydrogen (secondary N) is 1. The average molecular weight is 605 g/mol. The molecule has 1 N–H and O–H groups in total. The number of anilines is 1. The van der Waals surface area contributed by atoms with E-state index >= 15 is 0 Å². The zero-order valence-electron chi connectivity index (χ0n) is 23.5. The minimum Gasteiger partial charge on any atom is -0.350 e. The Morgan fingerprint density at radius 1 is 0.925 bits per heavy atom. The molecular formula is C30H35Cl2N3O4S. The monoisotopic (exact) mass is 603 g/mol. The summed E-state index contributed by atoms with van der Waals surface area (Å²) >= 11 is 12.5. The summed E-state index contributed by atoms with van der Waals surface area (Å²) in [7, 11) is -4.19. The van der Waals surface area contributed by atoms with Gasteiger partial charge in [0, 0.05) is 22.1 Å². The Kier molecular flexibility index (Phi) is 9.93. The van der Waals surface area contributed by atoms with Crippen LogP contribution in [0.5, 0.6) is 0 Å². The van der Waals surface area contributed by atoms with Gasteiger partial charge in [-0.2, -0.15) is 0 Å². The van der Waals surface area contributed by atoms with E-state index in [1.165, 1.54) is 23.1 Å². The van der Waals surface area contributed by atoms with E-state index in [2.05, 4.69) is 5.32 Å². The molecule has 3 aromatic carbocycles. The van der Waals surface area contributed by atoms with Crippen molar-refractivity contribution in [2.75, 3.05) is 10.8 Å². The summed E-state index contributed by atoms with van der Waals surface area (Å²) < 4.78 is 29.0. The van der Waals surface area contributed by atoms with Crippen LogP contribution in [0.25, 0.3) is 0 Å². The second-order valence-electron chi connectivity index (χ2n) is 10.8. The first-order valence-corrected chi connectivity index (χ1v) is 15.0. The van der Waals surface area contributed by atoms with E-state index < -0.39 is 34.1 Å². The molecule has 0 bridgehead atoms.